The molecule has 0 spiro atoms. The fourth-order valence-electron chi connectivity index (χ4n) is 2.93. The summed E-state index contributed by atoms with van der Waals surface area (Å²) < 4.78 is 26.5. The van der Waals surface area contributed by atoms with Crippen LogP contribution in [0.25, 0.3) is 0 Å². The number of rotatable bonds is 7. The molecule has 1 amide bonds. The van der Waals surface area contributed by atoms with Gasteiger partial charge in [-0.1, -0.05) is 42.1 Å². The molecule has 27 heavy (non-hydrogen) atoms. The smallest absolute Gasteiger partial charge is 0.244 e. The number of carbonyl (C=O) groups is 1. The summed E-state index contributed by atoms with van der Waals surface area (Å²) in [6, 6.07) is 12.9. The van der Waals surface area contributed by atoms with Crippen LogP contribution < -0.4 is 5.32 Å². The summed E-state index contributed by atoms with van der Waals surface area (Å²) in [6.07, 6.45) is 3.18. The molecule has 2 aromatic rings. The van der Waals surface area contributed by atoms with Gasteiger partial charge in [-0.05, 0) is 37.5 Å². The summed E-state index contributed by atoms with van der Waals surface area (Å²) in [4.78, 5) is 16.5. The van der Waals surface area contributed by atoms with E-state index in [0.717, 1.165) is 18.4 Å². The van der Waals surface area contributed by atoms with Crippen LogP contribution in [0, 0.1) is 0 Å². The molecule has 0 bridgehead atoms. The predicted octanol–water partition coefficient (Wildman–Crippen LogP) is 2.84. The van der Waals surface area contributed by atoms with Crippen LogP contribution >= 0.6 is 11.8 Å². The monoisotopic (exact) mass is 405 g/mol. The van der Waals surface area contributed by atoms with E-state index in [-0.39, 0.29) is 22.6 Å². The number of thioether (sulfide) groups is 1. The van der Waals surface area contributed by atoms with E-state index in [1.54, 1.807) is 12.1 Å². The Kier molecular flexibility index (Phi) is 6.51. The van der Waals surface area contributed by atoms with Gasteiger partial charge < -0.3 is 5.32 Å². The number of hydrogen-bond acceptors (Lipinski definition) is 5. The molecule has 6 nitrogen and oxygen atoms in total. The van der Waals surface area contributed by atoms with Crippen molar-refractivity contribution in [3.05, 3.63) is 54.2 Å². The number of aromatic nitrogens is 1. The maximum Gasteiger partial charge on any atom is 0.244 e. The highest BCUT2D eigenvalue weighted by molar-refractivity contribution is 7.99. The molecule has 0 radical (unpaired) electrons. The number of carbonyl (C=O) groups excluding carboxylic acids is 1. The quantitative estimate of drug-likeness (QED) is 0.717. The molecule has 1 aromatic heterocycles. The van der Waals surface area contributed by atoms with E-state index in [4.69, 9.17) is 0 Å². The van der Waals surface area contributed by atoms with Crippen LogP contribution in [0.4, 0.5) is 0 Å². The third-order valence-electron chi connectivity index (χ3n) is 4.44. The normalized spacial score (nSPS) is 16.2. The van der Waals surface area contributed by atoms with E-state index < -0.39 is 10.0 Å². The summed E-state index contributed by atoms with van der Waals surface area (Å²) in [5.41, 5.74) is 1.05. The van der Waals surface area contributed by atoms with Gasteiger partial charge in [0.05, 0.1) is 16.8 Å². The Hall–Kier alpha value is -1.90. The number of amides is 1. The van der Waals surface area contributed by atoms with Crippen molar-refractivity contribution < 1.29 is 13.2 Å². The number of hydrogen-bond donors (Lipinski definition) is 1. The number of sulfonamides is 1. The summed E-state index contributed by atoms with van der Waals surface area (Å²) in [7, 11) is -3.45. The Morgan fingerprint density at radius 1 is 1.19 bits per heavy atom. The van der Waals surface area contributed by atoms with Gasteiger partial charge in [0.1, 0.15) is 4.90 Å². The average molecular weight is 406 g/mol. The van der Waals surface area contributed by atoms with Crippen molar-refractivity contribution in [3.8, 4) is 0 Å². The lowest BCUT2D eigenvalue weighted by Gasteiger charge is -2.15. The molecule has 3 rings (SSSR count). The summed E-state index contributed by atoms with van der Waals surface area (Å²) in [6.45, 7) is 3.07. The molecule has 2 heterocycles. The van der Waals surface area contributed by atoms with Gasteiger partial charge in [-0.15, -0.1) is 0 Å². The zero-order valence-corrected chi connectivity index (χ0v) is 16.8. The van der Waals surface area contributed by atoms with Gasteiger partial charge in [-0.3, -0.25) is 4.79 Å². The largest absolute Gasteiger partial charge is 0.349 e. The van der Waals surface area contributed by atoms with Crippen molar-refractivity contribution in [2.75, 3.05) is 18.8 Å². The number of nitrogens with one attached hydrogen (secondary N) is 1. The molecule has 144 valence electrons. The van der Waals surface area contributed by atoms with Crippen LogP contribution in [0.15, 0.2) is 58.6 Å². The Labute approximate surface area is 164 Å². The first-order valence-electron chi connectivity index (χ1n) is 8.90. The lowest BCUT2D eigenvalue weighted by molar-refractivity contribution is -0.119. The fraction of sp³-hybridized carbons (Fsp3) is 0.368. The molecular weight excluding hydrogens is 382 g/mol. The van der Waals surface area contributed by atoms with Gasteiger partial charge in [0.2, 0.25) is 15.9 Å². The maximum absolute atomic E-state index is 12.5. The minimum Gasteiger partial charge on any atom is -0.349 e. The molecule has 1 aliphatic heterocycles. The average Bonchev–Trinajstić information content (AvgIpc) is 3.23. The second-order valence-electron chi connectivity index (χ2n) is 6.43. The van der Waals surface area contributed by atoms with Crippen molar-refractivity contribution in [2.45, 2.75) is 35.7 Å². The van der Waals surface area contributed by atoms with Crippen molar-refractivity contribution in [1.82, 2.24) is 14.6 Å². The third-order valence-corrected chi connectivity index (χ3v) is 7.27. The molecule has 1 atom stereocenters. The van der Waals surface area contributed by atoms with Gasteiger partial charge in [0.15, 0.2) is 0 Å². The fourth-order valence-corrected chi connectivity index (χ4v) is 5.05. The van der Waals surface area contributed by atoms with Crippen molar-refractivity contribution >= 4 is 27.7 Å². The molecule has 1 fully saturated rings. The lowest BCUT2D eigenvalue weighted by atomic mass is 10.1. The topological polar surface area (TPSA) is 79.4 Å². The molecular formula is C19H23N3O3S2. The molecule has 0 saturated carbocycles. The standard InChI is InChI=1S/C19H23N3O3S2/c1-15(16-7-3-2-4-8-16)21-18(23)14-26-19-10-9-17(13-20-19)27(24,25)22-11-5-6-12-22/h2-4,7-10,13,15H,5-6,11-12,14H2,1H3,(H,21,23)/t15-/m0/s1. The van der Waals surface area contributed by atoms with Crippen LogP contribution in [0.5, 0.6) is 0 Å². The highest BCUT2D eigenvalue weighted by Gasteiger charge is 2.27. The Morgan fingerprint density at radius 2 is 1.89 bits per heavy atom. The van der Waals surface area contributed by atoms with Gasteiger partial charge in [0.25, 0.3) is 0 Å². The first-order chi connectivity index (χ1) is 13.0. The van der Waals surface area contributed by atoms with Crippen LogP contribution in [0.3, 0.4) is 0 Å². The predicted molar refractivity (Wildman–Crippen MR) is 106 cm³/mol. The zero-order chi connectivity index (χ0) is 19.3. The van der Waals surface area contributed by atoms with Crippen LogP contribution in [-0.4, -0.2) is 42.5 Å². The van der Waals surface area contributed by atoms with Gasteiger partial charge in [-0.2, -0.15) is 4.31 Å². The van der Waals surface area contributed by atoms with E-state index in [2.05, 4.69) is 10.3 Å². The van der Waals surface area contributed by atoms with E-state index in [9.17, 15) is 13.2 Å². The number of benzene rings is 1. The molecule has 1 saturated heterocycles. The second kappa shape index (κ2) is 8.86. The maximum atomic E-state index is 12.5. The first-order valence-corrected chi connectivity index (χ1v) is 11.3. The molecule has 1 aliphatic rings. The third kappa shape index (κ3) is 5.09. The van der Waals surface area contributed by atoms with E-state index in [1.807, 2.05) is 37.3 Å². The lowest BCUT2D eigenvalue weighted by Crippen LogP contribution is -2.28. The van der Waals surface area contributed by atoms with Crippen LogP contribution in [0.1, 0.15) is 31.4 Å². The minimum atomic E-state index is -3.45. The highest BCUT2D eigenvalue weighted by atomic mass is 32.2. The number of pyridine rings is 1. The van der Waals surface area contributed by atoms with Gasteiger partial charge >= 0.3 is 0 Å². The van der Waals surface area contributed by atoms with E-state index in [1.165, 1.54) is 22.3 Å². The van der Waals surface area contributed by atoms with Crippen molar-refractivity contribution in [2.24, 2.45) is 0 Å². The Morgan fingerprint density at radius 3 is 2.52 bits per heavy atom. The minimum absolute atomic E-state index is 0.0692. The number of nitrogens with zero attached hydrogens (tertiary/aromatic N) is 2. The van der Waals surface area contributed by atoms with Crippen LogP contribution in [0.2, 0.25) is 0 Å². The molecule has 0 aliphatic carbocycles. The molecule has 8 heteroatoms. The highest BCUT2D eigenvalue weighted by Crippen LogP contribution is 2.22. The van der Waals surface area contributed by atoms with E-state index >= 15 is 0 Å². The van der Waals surface area contributed by atoms with Crippen LogP contribution in [-0.2, 0) is 14.8 Å². The van der Waals surface area contributed by atoms with Gasteiger partial charge in [-0.25, -0.2) is 13.4 Å². The SMILES string of the molecule is C[C@H](NC(=O)CSc1ccc(S(=O)(=O)N2CCCC2)cn1)c1ccccc1. The Balaban J connectivity index is 1.53. The second-order valence-corrected chi connectivity index (χ2v) is 9.37. The zero-order valence-electron chi connectivity index (χ0n) is 15.2. The van der Waals surface area contributed by atoms with Gasteiger partial charge in [0, 0.05) is 19.3 Å². The van der Waals surface area contributed by atoms with E-state index in [0.29, 0.717) is 18.1 Å². The summed E-state index contributed by atoms with van der Waals surface area (Å²) in [5.74, 6) is 0.134. The molecule has 1 aromatic carbocycles. The first kappa shape index (κ1) is 19.9. The Bertz CT molecular complexity index is 865. The molecule has 1 N–H and O–H groups in total. The summed E-state index contributed by atoms with van der Waals surface area (Å²) in [5, 5.41) is 3.57. The van der Waals surface area contributed by atoms with Crippen molar-refractivity contribution in [1.29, 1.82) is 0 Å². The molecule has 0 unspecified atom stereocenters. The van der Waals surface area contributed by atoms with Crippen molar-refractivity contribution in [3.63, 3.8) is 0 Å². The summed E-state index contributed by atoms with van der Waals surface area (Å²) >= 11 is 1.29.